The van der Waals surface area contributed by atoms with E-state index in [0.717, 1.165) is 5.92 Å². The van der Waals surface area contributed by atoms with E-state index >= 15 is 0 Å². The molecule has 0 spiro atoms. The summed E-state index contributed by atoms with van der Waals surface area (Å²) < 4.78 is 0. The first-order valence-electron chi connectivity index (χ1n) is 6.88. The highest BCUT2D eigenvalue weighted by Gasteiger charge is 2.40. The van der Waals surface area contributed by atoms with Crippen LogP contribution in [0.15, 0.2) is 0 Å². The molecule has 1 rings (SSSR count). The number of rotatable bonds is 2. The number of thiol groups is 1. The summed E-state index contributed by atoms with van der Waals surface area (Å²) in [5.41, 5.74) is 0.863. The number of hydrogen-bond acceptors (Lipinski definition) is 2. The molecule has 0 saturated carbocycles. The lowest BCUT2D eigenvalue weighted by molar-refractivity contribution is 0.119. The molecule has 1 saturated heterocycles. The minimum atomic E-state index is 0.241. The number of nitrogens with one attached hydrogen (secondary N) is 1. The van der Waals surface area contributed by atoms with Gasteiger partial charge in [-0.05, 0) is 58.3 Å². The van der Waals surface area contributed by atoms with Gasteiger partial charge in [0.25, 0.3) is 0 Å². The van der Waals surface area contributed by atoms with E-state index in [2.05, 4.69) is 53.8 Å². The molecule has 0 amide bonds. The van der Waals surface area contributed by atoms with Gasteiger partial charge in [-0.1, -0.05) is 20.8 Å². The van der Waals surface area contributed by atoms with Gasteiger partial charge in [-0.2, -0.15) is 12.6 Å². The highest BCUT2D eigenvalue weighted by molar-refractivity contribution is 7.81. The molecule has 1 aliphatic rings. The zero-order valence-electron chi connectivity index (χ0n) is 12.7. The molecule has 17 heavy (non-hydrogen) atoms. The standard InChI is InChI=1S/C15H31NS/c1-13(2,3)10-12(17)11-8-14(4,5)16-15(6,7)9-11/h11-12,16-17H,8-10H2,1-7H3. The Labute approximate surface area is 114 Å². The Morgan fingerprint density at radius 3 is 1.88 bits per heavy atom. The zero-order valence-corrected chi connectivity index (χ0v) is 13.6. The van der Waals surface area contributed by atoms with Gasteiger partial charge in [0.2, 0.25) is 0 Å². The molecule has 0 bridgehead atoms. The van der Waals surface area contributed by atoms with Crippen LogP contribution >= 0.6 is 12.6 Å². The average Bonchev–Trinajstić information content (AvgIpc) is 1.93. The summed E-state index contributed by atoms with van der Waals surface area (Å²) in [5, 5.41) is 4.27. The molecule has 0 aromatic carbocycles. The van der Waals surface area contributed by atoms with Gasteiger partial charge in [-0.25, -0.2) is 0 Å². The summed E-state index contributed by atoms with van der Waals surface area (Å²) in [7, 11) is 0. The molecule has 1 aliphatic heterocycles. The maximum absolute atomic E-state index is 4.89. The molecule has 102 valence electrons. The van der Waals surface area contributed by atoms with Crippen LogP contribution in [0.2, 0.25) is 0 Å². The molecule has 0 aromatic rings. The molecule has 0 aromatic heterocycles. The summed E-state index contributed by atoms with van der Waals surface area (Å²) in [6.45, 7) is 16.2. The summed E-state index contributed by atoms with van der Waals surface area (Å²) >= 11 is 4.89. The molecule has 1 nitrogen and oxygen atoms in total. The first-order chi connectivity index (χ1) is 7.40. The summed E-state index contributed by atoms with van der Waals surface area (Å²) in [6.07, 6.45) is 3.67. The van der Waals surface area contributed by atoms with Crippen LogP contribution in [0.3, 0.4) is 0 Å². The fourth-order valence-electron chi connectivity index (χ4n) is 3.47. The molecule has 2 heteroatoms. The van der Waals surface area contributed by atoms with E-state index in [4.69, 9.17) is 12.6 Å². The van der Waals surface area contributed by atoms with Crippen LogP contribution < -0.4 is 5.32 Å². The Hall–Kier alpha value is 0.310. The van der Waals surface area contributed by atoms with Gasteiger partial charge in [0.1, 0.15) is 0 Å². The highest BCUT2D eigenvalue weighted by Crippen LogP contribution is 2.39. The Bertz CT molecular complexity index is 247. The molecular formula is C15H31NS. The minimum Gasteiger partial charge on any atom is -0.307 e. The van der Waals surface area contributed by atoms with Crippen molar-refractivity contribution < 1.29 is 0 Å². The highest BCUT2D eigenvalue weighted by atomic mass is 32.1. The van der Waals surface area contributed by atoms with Gasteiger partial charge < -0.3 is 5.32 Å². The molecule has 1 heterocycles. The van der Waals surface area contributed by atoms with E-state index in [-0.39, 0.29) is 11.1 Å². The molecule has 0 radical (unpaired) electrons. The lowest BCUT2D eigenvalue weighted by Crippen LogP contribution is -2.59. The maximum Gasteiger partial charge on any atom is 0.0133 e. The van der Waals surface area contributed by atoms with E-state index in [1.807, 2.05) is 0 Å². The van der Waals surface area contributed by atoms with Crippen LogP contribution in [0.4, 0.5) is 0 Å². The Kier molecular flexibility index (Phi) is 4.31. The van der Waals surface area contributed by atoms with Crippen molar-refractivity contribution in [1.82, 2.24) is 5.32 Å². The van der Waals surface area contributed by atoms with Crippen molar-refractivity contribution in [2.24, 2.45) is 11.3 Å². The monoisotopic (exact) mass is 257 g/mol. The zero-order chi connectivity index (χ0) is 13.5. The van der Waals surface area contributed by atoms with E-state index < -0.39 is 0 Å². The van der Waals surface area contributed by atoms with Gasteiger partial charge in [0.15, 0.2) is 0 Å². The lowest BCUT2D eigenvalue weighted by Gasteiger charge is -2.48. The van der Waals surface area contributed by atoms with Gasteiger partial charge in [-0.15, -0.1) is 0 Å². The smallest absolute Gasteiger partial charge is 0.0133 e. The fraction of sp³-hybridized carbons (Fsp3) is 1.00. The SMILES string of the molecule is CC(C)(C)CC(S)C1CC(C)(C)NC(C)(C)C1. The third-order valence-electron chi connectivity index (χ3n) is 3.59. The van der Waals surface area contributed by atoms with Crippen LogP contribution in [0.1, 0.15) is 67.7 Å². The minimum absolute atomic E-state index is 0.241. The van der Waals surface area contributed by atoms with Crippen molar-refractivity contribution in [3.8, 4) is 0 Å². The summed E-state index contributed by atoms with van der Waals surface area (Å²) in [6, 6.07) is 0. The van der Waals surface area contributed by atoms with E-state index in [1.54, 1.807) is 0 Å². The van der Waals surface area contributed by atoms with E-state index in [1.165, 1.54) is 19.3 Å². The largest absolute Gasteiger partial charge is 0.307 e. The molecule has 1 fully saturated rings. The van der Waals surface area contributed by atoms with Crippen molar-refractivity contribution in [3.63, 3.8) is 0 Å². The fourth-order valence-corrected chi connectivity index (χ4v) is 4.23. The van der Waals surface area contributed by atoms with Crippen molar-refractivity contribution >= 4 is 12.6 Å². The third kappa shape index (κ3) is 5.21. The summed E-state index contributed by atoms with van der Waals surface area (Å²) in [5.74, 6) is 0.726. The Morgan fingerprint density at radius 1 is 1.12 bits per heavy atom. The second-order valence-electron chi connectivity index (χ2n) is 8.39. The average molecular weight is 257 g/mol. The lowest BCUT2D eigenvalue weighted by atomic mass is 9.72. The van der Waals surface area contributed by atoms with Gasteiger partial charge in [-0.3, -0.25) is 0 Å². The van der Waals surface area contributed by atoms with Gasteiger partial charge in [0.05, 0.1) is 0 Å². The number of piperidine rings is 1. The van der Waals surface area contributed by atoms with Crippen LogP contribution in [0.25, 0.3) is 0 Å². The molecule has 1 unspecified atom stereocenters. The second kappa shape index (κ2) is 4.77. The molecule has 1 atom stereocenters. The quantitative estimate of drug-likeness (QED) is 0.704. The predicted molar refractivity (Wildman–Crippen MR) is 80.9 cm³/mol. The predicted octanol–water partition coefficient (Wildman–Crippen LogP) is 4.28. The molecular weight excluding hydrogens is 226 g/mol. The van der Waals surface area contributed by atoms with Crippen LogP contribution in [0, 0.1) is 11.3 Å². The third-order valence-corrected chi connectivity index (χ3v) is 4.19. The van der Waals surface area contributed by atoms with Crippen LogP contribution in [-0.2, 0) is 0 Å². The normalized spacial score (nSPS) is 26.8. The topological polar surface area (TPSA) is 12.0 Å². The number of hydrogen-bond donors (Lipinski definition) is 2. The van der Waals surface area contributed by atoms with Crippen molar-refractivity contribution in [2.45, 2.75) is 84.1 Å². The van der Waals surface area contributed by atoms with E-state index in [9.17, 15) is 0 Å². The molecule has 1 N–H and O–H groups in total. The van der Waals surface area contributed by atoms with Crippen molar-refractivity contribution in [1.29, 1.82) is 0 Å². The molecule has 0 aliphatic carbocycles. The first-order valence-corrected chi connectivity index (χ1v) is 7.39. The van der Waals surface area contributed by atoms with Crippen LogP contribution in [0.5, 0.6) is 0 Å². The van der Waals surface area contributed by atoms with Crippen LogP contribution in [-0.4, -0.2) is 16.3 Å². The van der Waals surface area contributed by atoms with Crippen molar-refractivity contribution in [3.05, 3.63) is 0 Å². The Morgan fingerprint density at radius 2 is 1.53 bits per heavy atom. The van der Waals surface area contributed by atoms with E-state index in [0.29, 0.717) is 10.7 Å². The van der Waals surface area contributed by atoms with Gasteiger partial charge in [0, 0.05) is 16.3 Å². The maximum atomic E-state index is 4.89. The second-order valence-corrected chi connectivity index (χ2v) is 9.06. The summed E-state index contributed by atoms with van der Waals surface area (Å²) in [4.78, 5) is 0. The Balaban J connectivity index is 2.71. The van der Waals surface area contributed by atoms with Crippen molar-refractivity contribution in [2.75, 3.05) is 0 Å². The first kappa shape index (κ1) is 15.4. The van der Waals surface area contributed by atoms with Gasteiger partial charge >= 0.3 is 0 Å².